The summed E-state index contributed by atoms with van der Waals surface area (Å²) >= 11 is 0. The number of aromatic nitrogens is 3. The van der Waals surface area contributed by atoms with E-state index in [0.29, 0.717) is 24.2 Å². The van der Waals surface area contributed by atoms with Crippen LogP contribution in [0.5, 0.6) is 0 Å². The van der Waals surface area contributed by atoms with Crippen molar-refractivity contribution < 1.29 is 27.8 Å². The highest BCUT2D eigenvalue weighted by Gasteiger charge is 2.42. The van der Waals surface area contributed by atoms with Crippen molar-refractivity contribution in [3.05, 3.63) is 29.7 Å². The molecule has 0 aromatic carbocycles. The lowest BCUT2D eigenvalue weighted by Gasteiger charge is -2.36. The van der Waals surface area contributed by atoms with E-state index in [1.165, 1.54) is 4.90 Å². The molecule has 1 N–H and O–H groups in total. The summed E-state index contributed by atoms with van der Waals surface area (Å²) in [5.74, 6) is -1.27. The van der Waals surface area contributed by atoms with E-state index in [2.05, 4.69) is 10.1 Å². The van der Waals surface area contributed by atoms with Crippen LogP contribution < -0.4 is 0 Å². The van der Waals surface area contributed by atoms with Crippen molar-refractivity contribution in [2.24, 2.45) is 5.92 Å². The van der Waals surface area contributed by atoms with Gasteiger partial charge in [-0.05, 0) is 38.7 Å². The highest BCUT2D eigenvalue weighted by atomic mass is 19.4. The van der Waals surface area contributed by atoms with Crippen LogP contribution in [0.25, 0.3) is 5.65 Å². The quantitative estimate of drug-likeness (QED) is 0.806. The third-order valence-corrected chi connectivity index (χ3v) is 6.02. The highest BCUT2D eigenvalue weighted by molar-refractivity contribution is 5.65. The number of carboxylic acid groups (broad SMARTS) is 1. The van der Waals surface area contributed by atoms with Gasteiger partial charge in [-0.25, -0.2) is 14.3 Å². The molecule has 2 aliphatic rings. The van der Waals surface area contributed by atoms with Gasteiger partial charge in [0, 0.05) is 18.2 Å². The summed E-state index contributed by atoms with van der Waals surface area (Å²) in [5.41, 5.74) is 1.99. The molecule has 1 amide bonds. The SMILES string of the molecule is CC1COC(c2ccnc3cc(C4CCC(C(F)(F)F)CC4)nn23)CN1C(=O)O. The van der Waals surface area contributed by atoms with E-state index < -0.39 is 24.3 Å². The van der Waals surface area contributed by atoms with Gasteiger partial charge in [-0.15, -0.1) is 0 Å². The maximum absolute atomic E-state index is 12.9. The van der Waals surface area contributed by atoms with Gasteiger partial charge < -0.3 is 14.7 Å². The normalized spacial score (nSPS) is 28.6. The van der Waals surface area contributed by atoms with Crippen LogP contribution in [-0.4, -0.2) is 56.1 Å². The molecule has 2 fully saturated rings. The van der Waals surface area contributed by atoms with E-state index in [1.54, 1.807) is 23.7 Å². The van der Waals surface area contributed by atoms with E-state index in [9.17, 15) is 23.1 Å². The van der Waals surface area contributed by atoms with Crippen molar-refractivity contribution in [1.29, 1.82) is 0 Å². The zero-order valence-electron chi connectivity index (χ0n) is 16.0. The summed E-state index contributed by atoms with van der Waals surface area (Å²) < 4.78 is 46.3. The van der Waals surface area contributed by atoms with Gasteiger partial charge in [-0.3, -0.25) is 0 Å². The number of alkyl halides is 3. The lowest BCUT2D eigenvalue weighted by molar-refractivity contribution is -0.182. The molecule has 158 valence electrons. The molecule has 1 saturated heterocycles. The molecule has 2 unspecified atom stereocenters. The predicted molar refractivity (Wildman–Crippen MR) is 96.6 cm³/mol. The van der Waals surface area contributed by atoms with Gasteiger partial charge in [0.2, 0.25) is 0 Å². The molecule has 2 aromatic heterocycles. The van der Waals surface area contributed by atoms with Crippen molar-refractivity contribution in [3.63, 3.8) is 0 Å². The zero-order chi connectivity index (χ0) is 20.8. The van der Waals surface area contributed by atoms with Crippen molar-refractivity contribution >= 4 is 11.7 Å². The van der Waals surface area contributed by atoms with Crippen LogP contribution in [0.2, 0.25) is 0 Å². The number of hydrogen-bond acceptors (Lipinski definition) is 4. The third-order valence-electron chi connectivity index (χ3n) is 6.02. The second-order valence-corrected chi connectivity index (χ2v) is 7.91. The summed E-state index contributed by atoms with van der Waals surface area (Å²) in [6, 6.07) is 3.31. The molecule has 4 rings (SSSR count). The van der Waals surface area contributed by atoms with Crippen LogP contribution >= 0.6 is 0 Å². The molecule has 1 aliphatic carbocycles. The number of rotatable bonds is 2. The molecule has 29 heavy (non-hydrogen) atoms. The Balaban J connectivity index is 1.56. The molecule has 2 atom stereocenters. The minimum atomic E-state index is -4.13. The van der Waals surface area contributed by atoms with Crippen LogP contribution in [0.4, 0.5) is 18.0 Å². The molecular formula is C19H23F3N4O3. The summed E-state index contributed by atoms with van der Waals surface area (Å²) in [4.78, 5) is 17.1. The first-order valence-electron chi connectivity index (χ1n) is 9.76. The fourth-order valence-electron chi connectivity index (χ4n) is 4.29. The van der Waals surface area contributed by atoms with Crippen LogP contribution in [0.3, 0.4) is 0 Å². The molecule has 0 spiro atoms. The monoisotopic (exact) mass is 412 g/mol. The number of hydrogen-bond donors (Lipinski definition) is 1. The minimum Gasteiger partial charge on any atom is -0.465 e. The number of nitrogens with zero attached hydrogens (tertiary/aromatic N) is 4. The summed E-state index contributed by atoms with van der Waals surface area (Å²) in [7, 11) is 0. The van der Waals surface area contributed by atoms with E-state index in [4.69, 9.17) is 4.74 Å². The number of morpholine rings is 1. The standard InChI is InChI=1S/C19H23F3N4O3/c1-11-10-29-16(9-25(11)18(27)28)15-6-7-23-17-8-14(24-26(15)17)12-2-4-13(5-3-12)19(20,21)22/h6-8,11-13,16H,2-5,9-10H2,1H3,(H,27,28). The summed E-state index contributed by atoms with van der Waals surface area (Å²) in [5, 5.41) is 14.0. The van der Waals surface area contributed by atoms with Crippen LogP contribution in [0.1, 0.15) is 56.0 Å². The Kier molecular flexibility index (Phi) is 5.14. The van der Waals surface area contributed by atoms with Crippen molar-refractivity contribution in [2.75, 3.05) is 13.2 Å². The third kappa shape index (κ3) is 3.90. The maximum atomic E-state index is 12.9. The van der Waals surface area contributed by atoms with Gasteiger partial charge in [0.25, 0.3) is 0 Å². The van der Waals surface area contributed by atoms with E-state index >= 15 is 0 Å². The Hall–Kier alpha value is -2.36. The number of amides is 1. The molecule has 2 aromatic rings. The maximum Gasteiger partial charge on any atom is 0.407 e. The number of halogens is 3. The second-order valence-electron chi connectivity index (χ2n) is 7.91. The molecule has 0 bridgehead atoms. The lowest BCUT2D eigenvalue weighted by Crippen LogP contribution is -2.47. The number of fused-ring (bicyclic) bond motifs is 1. The molecule has 3 heterocycles. The first-order valence-corrected chi connectivity index (χ1v) is 9.76. The largest absolute Gasteiger partial charge is 0.465 e. The lowest BCUT2D eigenvalue weighted by atomic mass is 9.80. The van der Waals surface area contributed by atoms with Crippen LogP contribution in [-0.2, 0) is 4.74 Å². The zero-order valence-corrected chi connectivity index (χ0v) is 16.0. The van der Waals surface area contributed by atoms with E-state index in [0.717, 1.165) is 5.69 Å². The van der Waals surface area contributed by atoms with Gasteiger partial charge >= 0.3 is 12.3 Å². The highest BCUT2D eigenvalue weighted by Crippen LogP contribution is 2.42. The molecule has 1 aliphatic heterocycles. The fourth-order valence-corrected chi connectivity index (χ4v) is 4.29. The summed E-state index contributed by atoms with van der Waals surface area (Å²) in [6.45, 7) is 2.24. The first kappa shape index (κ1) is 19.9. The Morgan fingerprint density at radius 1 is 1.28 bits per heavy atom. The van der Waals surface area contributed by atoms with Crippen LogP contribution in [0.15, 0.2) is 18.3 Å². The van der Waals surface area contributed by atoms with Gasteiger partial charge in [0.15, 0.2) is 5.65 Å². The molecule has 7 nitrogen and oxygen atoms in total. The number of carbonyl (C=O) groups is 1. The Morgan fingerprint density at radius 2 is 2.00 bits per heavy atom. The molecule has 10 heteroatoms. The average Bonchev–Trinajstić information content (AvgIpc) is 3.12. The average molecular weight is 412 g/mol. The minimum absolute atomic E-state index is 0.0361. The fraction of sp³-hybridized carbons (Fsp3) is 0.632. The molecule has 1 saturated carbocycles. The second kappa shape index (κ2) is 7.47. The summed E-state index contributed by atoms with van der Waals surface area (Å²) in [6.07, 6.45) is -2.91. The van der Waals surface area contributed by atoms with E-state index in [1.807, 2.05) is 6.07 Å². The Bertz CT molecular complexity index is 892. The molecular weight excluding hydrogens is 389 g/mol. The predicted octanol–water partition coefficient (Wildman–Crippen LogP) is 4.01. The van der Waals surface area contributed by atoms with Crippen molar-refractivity contribution in [3.8, 4) is 0 Å². The Labute approximate surface area is 165 Å². The number of ether oxygens (including phenoxy) is 1. The van der Waals surface area contributed by atoms with Crippen molar-refractivity contribution in [2.45, 2.75) is 56.8 Å². The van der Waals surface area contributed by atoms with E-state index in [-0.39, 0.29) is 38.0 Å². The Morgan fingerprint density at radius 3 is 2.66 bits per heavy atom. The topological polar surface area (TPSA) is 80.0 Å². The molecule has 0 radical (unpaired) electrons. The van der Waals surface area contributed by atoms with Crippen molar-refractivity contribution in [1.82, 2.24) is 19.5 Å². The van der Waals surface area contributed by atoms with Crippen LogP contribution in [0, 0.1) is 5.92 Å². The van der Waals surface area contributed by atoms with Gasteiger partial charge in [0.05, 0.1) is 36.5 Å². The van der Waals surface area contributed by atoms with Gasteiger partial charge in [0.1, 0.15) is 6.10 Å². The smallest absolute Gasteiger partial charge is 0.407 e. The first-order chi connectivity index (χ1) is 13.7. The van der Waals surface area contributed by atoms with Gasteiger partial charge in [-0.1, -0.05) is 0 Å². The van der Waals surface area contributed by atoms with Gasteiger partial charge in [-0.2, -0.15) is 18.3 Å².